The molecule has 0 saturated carbocycles. The Hall–Kier alpha value is -0.990. The third-order valence-electron chi connectivity index (χ3n) is 2.10. The summed E-state index contributed by atoms with van der Waals surface area (Å²) in [6.07, 6.45) is 5.13. The summed E-state index contributed by atoms with van der Waals surface area (Å²) in [6, 6.07) is 0. The van der Waals surface area contributed by atoms with Crippen molar-refractivity contribution in [3.63, 3.8) is 0 Å². The standard InChI is InChI=1S/C9H15NO2/c1-8-6-4-3-5-7-10(8)9(11)12-2/h6H,3-5,7H2,1-2H3. The van der Waals surface area contributed by atoms with Crippen LogP contribution in [0.1, 0.15) is 26.2 Å². The number of hydrogen-bond donors (Lipinski definition) is 0. The largest absolute Gasteiger partial charge is 0.452 e. The third-order valence-corrected chi connectivity index (χ3v) is 2.10. The third kappa shape index (κ3) is 2.00. The molecule has 1 heterocycles. The zero-order valence-corrected chi connectivity index (χ0v) is 7.67. The van der Waals surface area contributed by atoms with Crippen LogP contribution >= 0.6 is 0 Å². The lowest BCUT2D eigenvalue weighted by Gasteiger charge is -2.19. The van der Waals surface area contributed by atoms with E-state index in [1.54, 1.807) is 4.90 Å². The smallest absolute Gasteiger partial charge is 0.413 e. The minimum absolute atomic E-state index is 0.245. The average molecular weight is 169 g/mol. The summed E-state index contributed by atoms with van der Waals surface area (Å²) < 4.78 is 4.66. The fourth-order valence-corrected chi connectivity index (χ4v) is 1.36. The van der Waals surface area contributed by atoms with E-state index in [0.717, 1.165) is 31.5 Å². The van der Waals surface area contributed by atoms with Crippen LogP contribution < -0.4 is 0 Å². The number of carbonyl (C=O) groups is 1. The quantitative estimate of drug-likeness (QED) is 0.556. The van der Waals surface area contributed by atoms with Crippen LogP contribution in [-0.2, 0) is 4.74 Å². The van der Waals surface area contributed by atoms with Crippen LogP contribution in [0, 0.1) is 0 Å². The highest BCUT2D eigenvalue weighted by Crippen LogP contribution is 2.14. The zero-order valence-electron chi connectivity index (χ0n) is 7.67. The van der Waals surface area contributed by atoms with E-state index in [4.69, 9.17) is 0 Å². The van der Waals surface area contributed by atoms with Gasteiger partial charge in [0.15, 0.2) is 0 Å². The van der Waals surface area contributed by atoms with Gasteiger partial charge in [-0.05, 0) is 26.2 Å². The molecule has 3 heteroatoms. The number of nitrogens with zero attached hydrogens (tertiary/aromatic N) is 1. The van der Waals surface area contributed by atoms with Crippen LogP contribution in [0.4, 0.5) is 4.79 Å². The van der Waals surface area contributed by atoms with Gasteiger partial charge in [0.2, 0.25) is 0 Å². The molecule has 12 heavy (non-hydrogen) atoms. The fraction of sp³-hybridized carbons (Fsp3) is 0.667. The maximum Gasteiger partial charge on any atom is 0.413 e. The summed E-state index contributed by atoms with van der Waals surface area (Å²) >= 11 is 0. The molecule has 0 aromatic rings. The molecule has 0 bridgehead atoms. The molecule has 1 aliphatic rings. The Bertz CT molecular complexity index is 199. The predicted molar refractivity (Wildman–Crippen MR) is 46.7 cm³/mol. The molecule has 68 valence electrons. The second-order valence-electron chi connectivity index (χ2n) is 2.96. The molecular weight excluding hydrogens is 154 g/mol. The lowest BCUT2D eigenvalue weighted by molar-refractivity contribution is 0.136. The Morgan fingerprint density at radius 1 is 1.58 bits per heavy atom. The summed E-state index contributed by atoms with van der Waals surface area (Å²) in [6.45, 7) is 2.73. The number of ether oxygens (including phenoxy) is 1. The molecule has 0 radical (unpaired) electrons. The van der Waals surface area contributed by atoms with Gasteiger partial charge in [0.25, 0.3) is 0 Å². The molecule has 0 aromatic heterocycles. The maximum absolute atomic E-state index is 11.2. The molecule has 0 atom stereocenters. The highest BCUT2D eigenvalue weighted by molar-refractivity contribution is 5.69. The van der Waals surface area contributed by atoms with Gasteiger partial charge in [-0.1, -0.05) is 6.08 Å². The van der Waals surface area contributed by atoms with Crippen molar-refractivity contribution in [2.24, 2.45) is 0 Å². The van der Waals surface area contributed by atoms with Crippen molar-refractivity contribution >= 4 is 6.09 Å². The van der Waals surface area contributed by atoms with Gasteiger partial charge in [0, 0.05) is 12.2 Å². The molecule has 1 amide bonds. The van der Waals surface area contributed by atoms with Gasteiger partial charge >= 0.3 is 6.09 Å². The van der Waals surface area contributed by atoms with Crippen molar-refractivity contribution in [2.45, 2.75) is 26.2 Å². The van der Waals surface area contributed by atoms with Crippen LogP contribution in [0.2, 0.25) is 0 Å². The summed E-state index contributed by atoms with van der Waals surface area (Å²) in [5.41, 5.74) is 1.01. The van der Waals surface area contributed by atoms with Crippen LogP contribution in [0.3, 0.4) is 0 Å². The molecule has 0 aromatic carbocycles. The van der Waals surface area contributed by atoms with E-state index in [1.165, 1.54) is 7.11 Å². The molecule has 0 unspecified atom stereocenters. The first-order chi connectivity index (χ1) is 5.75. The molecule has 1 rings (SSSR count). The zero-order chi connectivity index (χ0) is 8.97. The molecule has 0 fully saturated rings. The van der Waals surface area contributed by atoms with E-state index in [-0.39, 0.29) is 6.09 Å². The first-order valence-electron chi connectivity index (χ1n) is 4.28. The number of allylic oxidation sites excluding steroid dienone is 2. The van der Waals surface area contributed by atoms with E-state index in [1.807, 2.05) is 6.92 Å². The van der Waals surface area contributed by atoms with Crippen LogP contribution in [-0.4, -0.2) is 24.6 Å². The van der Waals surface area contributed by atoms with Gasteiger partial charge in [-0.25, -0.2) is 4.79 Å². The topological polar surface area (TPSA) is 29.5 Å². The predicted octanol–water partition coefficient (Wildman–Crippen LogP) is 2.14. The normalized spacial score (nSPS) is 18.2. The Labute approximate surface area is 73.0 Å². The first kappa shape index (κ1) is 9.10. The van der Waals surface area contributed by atoms with Crippen LogP contribution in [0.15, 0.2) is 11.8 Å². The summed E-state index contributed by atoms with van der Waals surface area (Å²) in [5, 5.41) is 0. The average Bonchev–Trinajstić information content (AvgIpc) is 2.28. The Kier molecular flexibility index (Phi) is 3.14. The minimum Gasteiger partial charge on any atom is -0.452 e. The number of amides is 1. The van der Waals surface area contributed by atoms with Crippen molar-refractivity contribution in [3.05, 3.63) is 11.8 Å². The lowest BCUT2D eigenvalue weighted by Crippen LogP contribution is -2.29. The second-order valence-corrected chi connectivity index (χ2v) is 2.96. The maximum atomic E-state index is 11.2. The SMILES string of the molecule is COC(=O)N1CCCCC=C1C. The Balaban J connectivity index is 2.66. The molecule has 0 saturated heterocycles. The Morgan fingerprint density at radius 2 is 2.33 bits per heavy atom. The fourth-order valence-electron chi connectivity index (χ4n) is 1.36. The summed E-state index contributed by atoms with van der Waals surface area (Å²) in [5.74, 6) is 0. The van der Waals surface area contributed by atoms with Crippen molar-refractivity contribution in [1.82, 2.24) is 4.90 Å². The van der Waals surface area contributed by atoms with E-state index in [0.29, 0.717) is 0 Å². The van der Waals surface area contributed by atoms with Gasteiger partial charge < -0.3 is 4.74 Å². The summed E-state index contributed by atoms with van der Waals surface area (Å²) in [7, 11) is 1.42. The molecule has 3 nitrogen and oxygen atoms in total. The van der Waals surface area contributed by atoms with Gasteiger partial charge in [0.05, 0.1) is 7.11 Å². The van der Waals surface area contributed by atoms with Gasteiger partial charge in [0.1, 0.15) is 0 Å². The van der Waals surface area contributed by atoms with E-state index < -0.39 is 0 Å². The highest BCUT2D eigenvalue weighted by Gasteiger charge is 2.16. The number of hydrogen-bond acceptors (Lipinski definition) is 2. The molecule has 0 N–H and O–H groups in total. The minimum atomic E-state index is -0.245. The Morgan fingerprint density at radius 3 is 3.00 bits per heavy atom. The van der Waals surface area contributed by atoms with Gasteiger partial charge in [-0.15, -0.1) is 0 Å². The number of carbonyl (C=O) groups excluding carboxylic acids is 1. The monoisotopic (exact) mass is 169 g/mol. The highest BCUT2D eigenvalue weighted by atomic mass is 16.5. The van der Waals surface area contributed by atoms with E-state index in [2.05, 4.69) is 10.8 Å². The second kappa shape index (κ2) is 4.14. The van der Waals surface area contributed by atoms with Gasteiger partial charge in [-0.3, -0.25) is 4.90 Å². The van der Waals surface area contributed by atoms with E-state index >= 15 is 0 Å². The number of methoxy groups -OCH3 is 1. The van der Waals surface area contributed by atoms with Crippen LogP contribution in [0.25, 0.3) is 0 Å². The molecular formula is C9H15NO2. The van der Waals surface area contributed by atoms with Crippen LogP contribution in [0.5, 0.6) is 0 Å². The van der Waals surface area contributed by atoms with Crippen molar-refractivity contribution in [2.75, 3.05) is 13.7 Å². The summed E-state index contributed by atoms with van der Waals surface area (Å²) in [4.78, 5) is 12.9. The molecule has 0 spiro atoms. The lowest BCUT2D eigenvalue weighted by atomic mass is 10.2. The number of rotatable bonds is 0. The van der Waals surface area contributed by atoms with E-state index in [9.17, 15) is 4.79 Å². The first-order valence-corrected chi connectivity index (χ1v) is 4.28. The van der Waals surface area contributed by atoms with Gasteiger partial charge in [-0.2, -0.15) is 0 Å². The van der Waals surface area contributed by atoms with Crippen molar-refractivity contribution < 1.29 is 9.53 Å². The van der Waals surface area contributed by atoms with Crippen molar-refractivity contribution in [3.8, 4) is 0 Å². The molecule has 0 aliphatic carbocycles. The molecule has 1 aliphatic heterocycles. The van der Waals surface area contributed by atoms with Crippen molar-refractivity contribution in [1.29, 1.82) is 0 Å².